The number of aryl methyl sites for hydroxylation is 1. The lowest BCUT2D eigenvalue weighted by Crippen LogP contribution is -2.28. The molecule has 0 aliphatic rings. The Labute approximate surface area is 242 Å². The second-order valence-electron chi connectivity index (χ2n) is 10.4. The van der Waals surface area contributed by atoms with Crippen LogP contribution in [0.5, 0.6) is 5.88 Å². The first-order valence-corrected chi connectivity index (χ1v) is 14.0. The van der Waals surface area contributed by atoms with Crippen LogP contribution in [0.3, 0.4) is 0 Å². The van der Waals surface area contributed by atoms with Gasteiger partial charge in [0.15, 0.2) is 6.10 Å². The van der Waals surface area contributed by atoms with Gasteiger partial charge in [0, 0.05) is 33.5 Å². The van der Waals surface area contributed by atoms with Crippen molar-refractivity contribution in [3.63, 3.8) is 0 Å². The topological polar surface area (TPSA) is 81.5 Å². The second kappa shape index (κ2) is 11.0. The smallest absolute Gasteiger partial charge is 0.337 e. The molecule has 0 unspecified atom stereocenters. The lowest BCUT2D eigenvalue weighted by atomic mass is 9.91. The molecule has 0 bridgehead atoms. The van der Waals surface area contributed by atoms with Crippen LogP contribution in [0.1, 0.15) is 38.0 Å². The van der Waals surface area contributed by atoms with Crippen LogP contribution < -0.4 is 4.74 Å². The van der Waals surface area contributed by atoms with Crippen LogP contribution in [-0.2, 0) is 9.53 Å². The molecule has 6 nitrogen and oxygen atoms in total. The van der Waals surface area contributed by atoms with Crippen LogP contribution in [0.4, 0.5) is 0 Å². The number of aromatic nitrogens is 2. The van der Waals surface area contributed by atoms with Crippen molar-refractivity contribution in [2.45, 2.75) is 39.4 Å². The van der Waals surface area contributed by atoms with Gasteiger partial charge in [0.2, 0.25) is 5.88 Å². The number of methoxy groups -OCH3 is 1. The van der Waals surface area contributed by atoms with Gasteiger partial charge in [-0.3, -0.25) is 0 Å². The number of pyridine rings is 1. The Kier molecular flexibility index (Phi) is 7.64. The lowest BCUT2D eigenvalue weighted by Gasteiger charge is -2.28. The maximum Gasteiger partial charge on any atom is 0.337 e. The second-order valence-corrected chi connectivity index (χ2v) is 11.9. The molecular formula is C32H29ClN2O4S. The molecule has 0 radical (unpaired) electrons. The Morgan fingerprint density at radius 1 is 1.00 bits per heavy atom. The van der Waals surface area contributed by atoms with E-state index in [9.17, 15) is 9.90 Å². The van der Waals surface area contributed by atoms with E-state index in [1.165, 1.54) is 11.3 Å². The van der Waals surface area contributed by atoms with E-state index in [0.717, 1.165) is 48.6 Å². The Hall–Kier alpha value is -3.78. The molecule has 0 saturated heterocycles. The third kappa shape index (κ3) is 5.59. The van der Waals surface area contributed by atoms with Gasteiger partial charge in [-0.1, -0.05) is 41.9 Å². The van der Waals surface area contributed by atoms with Crippen molar-refractivity contribution < 1.29 is 19.4 Å². The van der Waals surface area contributed by atoms with Crippen LogP contribution in [0.2, 0.25) is 5.02 Å². The standard InChI is InChI=1S/C32H29ClN2O4S/c1-18-16-24-28(26(19-11-13-22(33)14-12-19)25(18)27(31(36)37)39-32(2,3)4)40-30(35-24)21-9-6-8-20(17-21)23-10-7-15-34-29(23)38-5/h6-17,27H,1-5H3,(H,36,37)/t27-/m0/s1. The number of carboxylic acid groups (broad SMARTS) is 1. The number of thiazole rings is 1. The first kappa shape index (κ1) is 27.8. The number of halogens is 1. The number of rotatable bonds is 7. The van der Waals surface area contributed by atoms with Crippen LogP contribution in [-0.4, -0.2) is 33.8 Å². The fraction of sp³-hybridized carbons (Fsp3) is 0.219. The maximum absolute atomic E-state index is 12.6. The van der Waals surface area contributed by atoms with Crippen molar-refractivity contribution in [2.24, 2.45) is 0 Å². The molecule has 3 aromatic carbocycles. The number of aliphatic carboxylic acids is 1. The first-order chi connectivity index (χ1) is 19.1. The Morgan fingerprint density at radius 2 is 1.73 bits per heavy atom. The van der Waals surface area contributed by atoms with Gasteiger partial charge in [-0.15, -0.1) is 11.3 Å². The molecule has 2 heterocycles. The largest absolute Gasteiger partial charge is 0.481 e. The molecule has 1 atom stereocenters. The number of fused-ring (bicyclic) bond motifs is 1. The number of carboxylic acids is 1. The maximum atomic E-state index is 12.6. The monoisotopic (exact) mass is 572 g/mol. The molecule has 0 saturated carbocycles. The zero-order valence-corrected chi connectivity index (χ0v) is 24.4. The summed E-state index contributed by atoms with van der Waals surface area (Å²) in [6.07, 6.45) is 0.535. The van der Waals surface area contributed by atoms with Crippen molar-refractivity contribution in [1.29, 1.82) is 0 Å². The highest BCUT2D eigenvalue weighted by Crippen LogP contribution is 2.44. The van der Waals surface area contributed by atoms with E-state index in [0.29, 0.717) is 16.5 Å². The summed E-state index contributed by atoms with van der Waals surface area (Å²) < 4.78 is 12.5. The van der Waals surface area contributed by atoms with Crippen LogP contribution in [0, 0.1) is 6.92 Å². The summed E-state index contributed by atoms with van der Waals surface area (Å²) >= 11 is 7.74. The minimum atomic E-state index is -1.16. The molecule has 0 spiro atoms. The lowest BCUT2D eigenvalue weighted by molar-refractivity contribution is -0.160. The van der Waals surface area contributed by atoms with Crippen LogP contribution >= 0.6 is 22.9 Å². The zero-order valence-electron chi connectivity index (χ0n) is 22.9. The van der Waals surface area contributed by atoms with E-state index in [4.69, 9.17) is 26.1 Å². The molecule has 0 aliphatic heterocycles. The van der Waals surface area contributed by atoms with Crippen molar-refractivity contribution in [2.75, 3.05) is 7.11 Å². The Bertz CT molecular complexity index is 1710. The fourth-order valence-corrected chi connectivity index (χ4v) is 6.00. The van der Waals surface area contributed by atoms with Gasteiger partial charge >= 0.3 is 5.97 Å². The Balaban J connectivity index is 1.74. The van der Waals surface area contributed by atoms with E-state index < -0.39 is 17.7 Å². The number of carbonyl (C=O) groups is 1. The van der Waals surface area contributed by atoms with Crippen molar-refractivity contribution in [3.05, 3.63) is 89.1 Å². The molecule has 2 aromatic heterocycles. The third-order valence-electron chi connectivity index (χ3n) is 6.40. The molecule has 5 aromatic rings. The zero-order chi connectivity index (χ0) is 28.6. The molecule has 5 rings (SSSR count). The summed E-state index contributed by atoms with van der Waals surface area (Å²) in [6, 6.07) is 21.3. The summed E-state index contributed by atoms with van der Waals surface area (Å²) in [5.41, 5.74) is 5.94. The normalized spacial score (nSPS) is 12.4. The van der Waals surface area contributed by atoms with Gasteiger partial charge in [-0.05, 0) is 80.8 Å². The van der Waals surface area contributed by atoms with Crippen molar-refractivity contribution in [1.82, 2.24) is 9.97 Å². The minimum absolute atomic E-state index is 0.549. The third-order valence-corrected chi connectivity index (χ3v) is 7.79. The molecule has 1 N–H and O–H groups in total. The highest BCUT2D eigenvalue weighted by molar-refractivity contribution is 7.22. The van der Waals surface area contributed by atoms with E-state index in [2.05, 4.69) is 11.1 Å². The van der Waals surface area contributed by atoms with Gasteiger partial charge in [-0.25, -0.2) is 14.8 Å². The summed E-state index contributed by atoms with van der Waals surface area (Å²) in [5, 5.41) is 11.7. The fourth-order valence-electron chi connectivity index (χ4n) is 4.75. The average molecular weight is 573 g/mol. The van der Waals surface area contributed by atoms with Crippen molar-refractivity contribution in [3.8, 4) is 38.7 Å². The van der Waals surface area contributed by atoms with E-state index in [1.54, 1.807) is 13.3 Å². The molecule has 0 amide bonds. The minimum Gasteiger partial charge on any atom is -0.481 e. The summed E-state index contributed by atoms with van der Waals surface area (Å²) in [7, 11) is 1.61. The van der Waals surface area contributed by atoms with Gasteiger partial charge in [0.05, 0.1) is 22.9 Å². The highest BCUT2D eigenvalue weighted by Gasteiger charge is 2.32. The van der Waals surface area contributed by atoms with Gasteiger partial charge in [-0.2, -0.15) is 0 Å². The van der Waals surface area contributed by atoms with E-state index >= 15 is 0 Å². The molecular weight excluding hydrogens is 544 g/mol. The predicted octanol–water partition coefficient (Wildman–Crippen LogP) is 8.60. The number of hydrogen-bond donors (Lipinski definition) is 1. The summed E-state index contributed by atoms with van der Waals surface area (Å²) in [4.78, 5) is 21.9. The van der Waals surface area contributed by atoms with Crippen LogP contribution in [0.25, 0.3) is 43.0 Å². The number of benzene rings is 3. The SMILES string of the molecule is COc1ncccc1-c1cccc(-c2nc3cc(C)c([C@H](OC(C)(C)C)C(=O)O)c(-c4ccc(Cl)cc4)c3s2)c1. The summed E-state index contributed by atoms with van der Waals surface area (Å²) in [6.45, 7) is 7.47. The molecule has 0 fully saturated rings. The molecule has 0 aliphatic carbocycles. The highest BCUT2D eigenvalue weighted by atomic mass is 35.5. The van der Waals surface area contributed by atoms with Gasteiger partial charge in [0.25, 0.3) is 0 Å². The molecule has 204 valence electrons. The number of nitrogens with zero attached hydrogens (tertiary/aromatic N) is 2. The quantitative estimate of drug-likeness (QED) is 0.210. The average Bonchev–Trinajstić information content (AvgIpc) is 3.35. The Morgan fingerprint density at radius 3 is 2.40 bits per heavy atom. The van der Waals surface area contributed by atoms with Crippen molar-refractivity contribution >= 4 is 39.1 Å². The van der Waals surface area contributed by atoms with Gasteiger partial charge in [0.1, 0.15) is 5.01 Å². The predicted molar refractivity (Wildman–Crippen MR) is 161 cm³/mol. The number of hydrogen-bond acceptors (Lipinski definition) is 6. The first-order valence-electron chi connectivity index (χ1n) is 12.8. The summed E-state index contributed by atoms with van der Waals surface area (Å²) in [5.74, 6) is -0.497. The van der Waals surface area contributed by atoms with E-state index in [1.807, 2.05) is 88.4 Å². The van der Waals surface area contributed by atoms with Crippen LogP contribution in [0.15, 0.2) is 72.9 Å². The molecule has 8 heteroatoms. The number of ether oxygens (including phenoxy) is 2. The van der Waals surface area contributed by atoms with Gasteiger partial charge < -0.3 is 14.6 Å². The molecule has 40 heavy (non-hydrogen) atoms. The van der Waals surface area contributed by atoms with E-state index in [-0.39, 0.29) is 0 Å².